The summed E-state index contributed by atoms with van der Waals surface area (Å²) < 4.78 is 12.0. The van der Waals surface area contributed by atoms with Gasteiger partial charge in [-0.25, -0.2) is 0 Å². The molecule has 4 nitrogen and oxygen atoms in total. The quantitative estimate of drug-likeness (QED) is 0.211. The van der Waals surface area contributed by atoms with Crippen molar-refractivity contribution < 1.29 is 9.47 Å². The van der Waals surface area contributed by atoms with Crippen LogP contribution in [0.2, 0.25) is 0 Å². The Kier molecular flexibility index (Phi) is 13.2. The Balaban J connectivity index is 1.52. The van der Waals surface area contributed by atoms with Crippen LogP contribution in [-0.2, 0) is 4.74 Å². The zero-order valence-electron chi connectivity index (χ0n) is 22.7. The van der Waals surface area contributed by atoms with E-state index in [0.717, 1.165) is 43.0 Å². The molecule has 0 aromatic heterocycles. The van der Waals surface area contributed by atoms with Crippen LogP contribution in [0.3, 0.4) is 0 Å². The summed E-state index contributed by atoms with van der Waals surface area (Å²) in [6, 6.07) is 9.26. The average molecular weight is 503 g/mol. The molecule has 1 aliphatic heterocycles. The molecule has 1 fully saturated rings. The molecule has 5 heteroatoms. The first kappa shape index (κ1) is 28.2. The average Bonchev–Trinajstić information content (AvgIpc) is 3.32. The molecule has 0 saturated heterocycles. The van der Waals surface area contributed by atoms with E-state index in [1.807, 2.05) is 0 Å². The van der Waals surface area contributed by atoms with Gasteiger partial charge in [0.25, 0.3) is 5.23 Å². The highest BCUT2D eigenvalue weighted by Crippen LogP contribution is 2.44. The third kappa shape index (κ3) is 9.55. The summed E-state index contributed by atoms with van der Waals surface area (Å²) in [4.78, 5) is 0. The fourth-order valence-corrected chi connectivity index (χ4v) is 6.35. The van der Waals surface area contributed by atoms with E-state index < -0.39 is 0 Å². The number of unbranched alkanes of at least 4 members (excludes halogenated alkanes) is 7. The zero-order valence-corrected chi connectivity index (χ0v) is 23.5. The van der Waals surface area contributed by atoms with Crippen molar-refractivity contribution in [3.05, 3.63) is 29.8 Å². The van der Waals surface area contributed by atoms with Crippen molar-refractivity contribution in [3.8, 4) is 5.75 Å². The molecule has 1 aromatic rings. The van der Waals surface area contributed by atoms with Gasteiger partial charge in [-0.2, -0.15) is 0 Å². The van der Waals surface area contributed by atoms with Gasteiger partial charge in [-0.15, -0.1) is 5.10 Å². The first-order valence-corrected chi connectivity index (χ1v) is 15.5. The van der Waals surface area contributed by atoms with Gasteiger partial charge in [0.2, 0.25) is 0 Å². The van der Waals surface area contributed by atoms with Crippen LogP contribution < -0.4 is 4.74 Å². The van der Waals surface area contributed by atoms with Gasteiger partial charge in [0.1, 0.15) is 11.1 Å². The van der Waals surface area contributed by atoms with Crippen LogP contribution in [0.4, 0.5) is 0 Å². The molecule has 1 atom stereocenters. The SMILES string of the molecule is CCCCCCCCOc1ccc(C2SC(OCCC)=NN2C2CCC(CCCCC)CC2)cc1. The Morgan fingerprint density at radius 2 is 1.46 bits per heavy atom. The van der Waals surface area contributed by atoms with Crippen molar-refractivity contribution in [3.63, 3.8) is 0 Å². The smallest absolute Gasteiger partial charge is 0.269 e. The van der Waals surface area contributed by atoms with Crippen LogP contribution in [-0.4, -0.2) is 29.5 Å². The molecule has 1 aliphatic carbocycles. The van der Waals surface area contributed by atoms with Crippen molar-refractivity contribution in [1.29, 1.82) is 0 Å². The Bertz CT molecular complexity index is 716. The highest BCUT2D eigenvalue weighted by Gasteiger charge is 2.36. The maximum Gasteiger partial charge on any atom is 0.269 e. The summed E-state index contributed by atoms with van der Waals surface area (Å²) in [6.45, 7) is 8.27. The van der Waals surface area contributed by atoms with Crippen molar-refractivity contribution in [2.75, 3.05) is 13.2 Å². The van der Waals surface area contributed by atoms with Crippen LogP contribution >= 0.6 is 11.8 Å². The number of ether oxygens (including phenoxy) is 2. The van der Waals surface area contributed by atoms with Gasteiger partial charge in [0.15, 0.2) is 0 Å². The molecule has 1 heterocycles. The molecule has 0 spiro atoms. The lowest BCUT2D eigenvalue weighted by atomic mass is 9.82. The number of hydrazone groups is 1. The van der Waals surface area contributed by atoms with E-state index in [1.54, 1.807) is 11.8 Å². The van der Waals surface area contributed by atoms with E-state index in [9.17, 15) is 0 Å². The Morgan fingerprint density at radius 3 is 2.17 bits per heavy atom. The largest absolute Gasteiger partial charge is 0.494 e. The number of hydrogen-bond donors (Lipinski definition) is 0. The van der Waals surface area contributed by atoms with E-state index in [-0.39, 0.29) is 5.37 Å². The highest BCUT2D eigenvalue weighted by atomic mass is 32.2. The highest BCUT2D eigenvalue weighted by molar-refractivity contribution is 8.13. The van der Waals surface area contributed by atoms with Gasteiger partial charge in [-0.1, -0.05) is 90.7 Å². The molecule has 198 valence electrons. The van der Waals surface area contributed by atoms with E-state index in [2.05, 4.69) is 50.0 Å². The lowest BCUT2D eigenvalue weighted by Crippen LogP contribution is -2.34. The van der Waals surface area contributed by atoms with Crippen molar-refractivity contribution in [2.24, 2.45) is 11.0 Å². The third-order valence-electron chi connectivity index (χ3n) is 7.42. The summed E-state index contributed by atoms with van der Waals surface area (Å²) >= 11 is 1.77. The lowest BCUT2D eigenvalue weighted by Gasteiger charge is -2.36. The number of thioether (sulfide) groups is 1. The molecule has 35 heavy (non-hydrogen) atoms. The second-order valence-corrected chi connectivity index (χ2v) is 11.5. The second kappa shape index (κ2) is 16.4. The van der Waals surface area contributed by atoms with Gasteiger partial charge >= 0.3 is 0 Å². The molecule has 3 rings (SSSR count). The van der Waals surface area contributed by atoms with Crippen LogP contribution in [0.1, 0.15) is 128 Å². The maximum atomic E-state index is 6.03. The molecule has 1 aromatic carbocycles. The predicted molar refractivity (Wildman–Crippen MR) is 151 cm³/mol. The Hall–Kier alpha value is -1.36. The number of rotatable bonds is 16. The first-order valence-electron chi connectivity index (χ1n) is 14.6. The maximum absolute atomic E-state index is 6.03. The fourth-order valence-electron chi connectivity index (χ4n) is 5.25. The van der Waals surface area contributed by atoms with Gasteiger partial charge in [0.05, 0.1) is 13.2 Å². The summed E-state index contributed by atoms with van der Waals surface area (Å²) in [5.74, 6) is 1.89. The molecule has 1 unspecified atom stereocenters. The van der Waals surface area contributed by atoms with E-state index in [4.69, 9.17) is 14.6 Å². The predicted octanol–water partition coefficient (Wildman–Crippen LogP) is 9.31. The Labute approximate surface area is 219 Å². The summed E-state index contributed by atoms with van der Waals surface area (Å²) in [5.41, 5.74) is 1.30. The molecule has 0 radical (unpaired) electrons. The summed E-state index contributed by atoms with van der Waals surface area (Å²) in [5, 5.41) is 8.39. The molecule has 0 bridgehead atoms. The van der Waals surface area contributed by atoms with E-state index >= 15 is 0 Å². The second-order valence-electron chi connectivity index (χ2n) is 10.4. The standard InChI is InChI=1S/C30H50N2O2S/c1-4-7-9-10-11-13-24-33-28-21-17-26(18-22-28)29-32(31-30(35-29)34-23-6-3)27-19-15-25(16-20-27)14-12-8-5-2/h17-18,21-22,25,27,29H,4-16,19-20,23-24H2,1-3H3. The van der Waals surface area contributed by atoms with Crippen molar-refractivity contribution in [2.45, 2.75) is 128 Å². The first-order chi connectivity index (χ1) is 17.2. The molecule has 0 N–H and O–H groups in total. The van der Waals surface area contributed by atoms with Gasteiger partial charge in [-0.3, -0.25) is 5.01 Å². The molecule has 1 saturated carbocycles. The van der Waals surface area contributed by atoms with Crippen LogP contribution in [0, 0.1) is 5.92 Å². The van der Waals surface area contributed by atoms with Gasteiger partial charge < -0.3 is 9.47 Å². The summed E-state index contributed by atoms with van der Waals surface area (Å²) in [6.07, 6.45) is 19.4. The topological polar surface area (TPSA) is 34.1 Å². The molecule has 0 amide bonds. The number of benzene rings is 1. The minimum Gasteiger partial charge on any atom is -0.494 e. The summed E-state index contributed by atoms with van der Waals surface area (Å²) in [7, 11) is 0. The fraction of sp³-hybridized carbons (Fsp3) is 0.767. The molecular weight excluding hydrogens is 452 g/mol. The normalized spacial score (nSPS) is 22.3. The van der Waals surface area contributed by atoms with Crippen LogP contribution in [0.15, 0.2) is 29.4 Å². The van der Waals surface area contributed by atoms with Crippen molar-refractivity contribution >= 4 is 17.0 Å². The molecule has 2 aliphatic rings. The van der Waals surface area contributed by atoms with Gasteiger partial charge in [0, 0.05) is 6.04 Å². The number of nitrogens with zero attached hydrogens (tertiary/aromatic N) is 2. The Morgan fingerprint density at radius 1 is 0.771 bits per heavy atom. The van der Waals surface area contributed by atoms with E-state index in [0.29, 0.717) is 6.04 Å². The lowest BCUT2D eigenvalue weighted by molar-refractivity contribution is 0.127. The number of hydrogen-bond acceptors (Lipinski definition) is 5. The zero-order chi connectivity index (χ0) is 24.7. The van der Waals surface area contributed by atoms with Crippen molar-refractivity contribution in [1.82, 2.24) is 5.01 Å². The van der Waals surface area contributed by atoms with Crippen LogP contribution in [0.5, 0.6) is 5.75 Å². The minimum atomic E-state index is 0.205. The third-order valence-corrected chi connectivity index (χ3v) is 8.53. The van der Waals surface area contributed by atoms with E-state index in [1.165, 1.54) is 89.0 Å². The molecular formula is C30H50N2O2S. The van der Waals surface area contributed by atoms with Crippen LogP contribution in [0.25, 0.3) is 0 Å². The monoisotopic (exact) mass is 502 g/mol. The van der Waals surface area contributed by atoms with Gasteiger partial charge in [-0.05, 0) is 73.9 Å². The minimum absolute atomic E-state index is 0.205.